The van der Waals surface area contributed by atoms with E-state index in [2.05, 4.69) is 26.2 Å². The Morgan fingerprint density at radius 2 is 2.16 bits per heavy atom. The first-order chi connectivity index (χ1) is 9.19. The van der Waals surface area contributed by atoms with Gasteiger partial charge in [0.2, 0.25) is 5.88 Å². The van der Waals surface area contributed by atoms with E-state index in [0.29, 0.717) is 24.1 Å². The van der Waals surface area contributed by atoms with Crippen LogP contribution in [0.1, 0.15) is 12.5 Å². The van der Waals surface area contributed by atoms with Crippen LogP contribution >= 0.6 is 27.5 Å². The van der Waals surface area contributed by atoms with Crippen LogP contribution in [-0.4, -0.2) is 11.6 Å². The molecule has 1 aromatic carbocycles. The van der Waals surface area contributed by atoms with Crippen LogP contribution in [0.4, 0.5) is 5.69 Å². The number of nitrogens with zero attached hydrogens (tertiary/aromatic N) is 1. The molecule has 0 saturated heterocycles. The van der Waals surface area contributed by atoms with E-state index >= 15 is 0 Å². The third-order valence-corrected chi connectivity index (χ3v) is 3.72. The first-order valence-corrected chi connectivity index (χ1v) is 7.13. The molecule has 5 heteroatoms. The molecule has 0 bridgehead atoms. The van der Waals surface area contributed by atoms with Gasteiger partial charge in [-0.1, -0.05) is 17.7 Å². The number of anilines is 1. The topological polar surface area (TPSA) is 34.1 Å². The van der Waals surface area contributed by atoms with Gasteiger partial charge in [0.25, 0.3) is 0 Å². The van der Waals surface area contributed by atoms with Gasteiger partial charge in [0.1, 0.15) is 0 Å². The van der Waals surface area contributed by atoms with Crippen molar-refractivity contribution < 1.29 is 4.74 Å². The lowest BCUT2D eigenvalue weighted by molar-refractivity contribution is 0.327. The minimum absolute atomic E-state index is 0.624. The largest absolute Gasteiger partial charge is 0.478 e. The Balaban J connectivity index is 1.96. The maximum atomic E-state index is 5.95. The highest BCUT2D eigenvalue weighted by molar-refractivity contribution is 9.10. The van der Waals surface area contributed by atoms with Crippen molar-refractivity contribution in [3.05, 3.63) is 51.6 Å². The van der Waals surface area contributed by atoms with E-state index in [1.807, 2.05) is 37.3 Å². The van der Waals surface area contributed by atoms with Crippen molar-refractivity contribution in [2.75, 3.05) is 11.9 Å². The highest BCUT2D eigenvalue weighted by atomic mass is 79.9. The number of nitrogens with one attached hydrogen (secondary N) is 1. The first kappa shape index (κ1) is 14.2. The van der Waals surface area contributed by atoms with Crippen LogP contribution in [-0.2, 0) is 6.54 Å². The average Bonchev–Trinajstić information content (AvgIpc) is 2.42. The monoisotopic (exact) mass is 340 g/mol. The molecule has 0 aliphatic rings. The second kappa shape index (κ2) is 6.78. The summed E-state index contributed by atoms with van der Waals surface area (Å²) < 4.78 is 6.19. The number of rotatable bonds is 5. The quantitative estimate of drug-likeness (QED) is 0.869. The molecule has 0 amide bonds. The molecule has 19 heavy (non-hydrogen) atoms. The molecule has 0 unspecified atom stereocenters. The smallest absolute Gasteiger partial charge is 0.213 e. The van der Waals surface area contributed by atoms with Crippen molar-refractivity contribution in [3.63, 3.8) is 0 Å². The lowest BCUT2D eigenvalue weighted by Gasteiger charge is -2.08. The van der Waals surface area contributed by atoms with E-state index < -0.39 is 0 Å². The standard InChI is InChI=1S/C14H14BrClN2O/c1-2-19-14-6-4-11(9-18-14)17-8-10-3-5-13(16)12(15)7-10/h3-7,9,17H,2,8H2,1H3. The fourth-order valence-corrected chi connectivity index (χ4v) is 2.12. The number of benzene rings is 1. The second-order valence-corrected chi connectivity index (χ2v) is 5.18. The highest BCUT2D eigenvalue weighted by Gasteiger charge is 2.00. The van der Waals surface area contributed by atoms with Gasteiger partial charge in [0.15, 0.2) is 0 Å². The van der Waals surface area contributed by atoms with Crippen LogP contribution in [0.3, 0.4) is 0 Å². The van der Waals surface area contributed by atoms with Crippen molar-refractivity contribution in [3.8, 4) is 5.88 Å². The van der Waals surface area contributed by atoms with Crippen molar-refractivity contribution in [2.45, 2.75) is 13.5 Å². The summed E-state index contributed by atoms with van der Waals surface area (Å²) in [7, 11) is 0. The predicted octanol–water partition coefficient (Wildman–Crippen LogP) is 4.51. The van der Waals surface area contributed by atoms with Crippen LogP contribution in [0.5, 0.6) is 5.88 Å². The second-order valence-electron chi connectivity index (χ2n) is 3.92. The third kappa shape index (κ3) is 4.11. The molecule has 2 aromatic rings. The number of aromatic nitrogens is 1. The van der Waals surface area contributed by atoms with E-state index in [-0.39, 0.29) is 0 Å². The summed E-state index contributed by atoms with van der Waals surface area (Å²) >= 11 is 9.36. The van der Waals surface area contributed by atoms with Crippen LogP contribution in [0, 0.1) is 0 Å². The fourth-order valence-electron chi connectivity index (χ4n) is 1.57. The molecule has 0 fully saturated rings. The Morgan fingerprint density at radius 1 is 1.32 bits per heavy atom. The number of hydrogen-bond donors (Lipinski definition) is 1. The predicted molar refractivity (Wildman–Crippen MR) is 81.9 cm³/mol. The molecule has 0 radical (unpaired) electrons. The Hall–Kier alpha value is -1.26. The number of halogens is 2. The average molecular weight is 342 g/mol. The molecule has 0 saturated carbocycles. The maximum Gasteiger partial charge on any atom is 0.213 e. The molecule has 100 valence electrons. The SMILES string of the molecule is CCOc1ccc(NCc2ccc(Cl)c(Br)c2)cn1. The van der Waals surface area contributed by atoms with Crippen molar-refractivity contribution >= 4 is 33.2 Å². The van der Waals surface area contributed by atoms with E-state index in [1.165, 1.54) is 0 Å². The zero-order valence-electron chi connectivity index (χ0n) is 10.5. The van der Waals surface area contributed by atoms with Gasteiger partial charge in [0, 0.05) is 17.1 Å². The summed E-state index contributed by atoms with van der Waals surface area (Å²) in [5.41, 5.74) is 2.10. The molecule has 1 aromatic heterocycles. The van der Waals surface area contributed by atoms with Gasteiger partial charge in [-0.3, -0.25) is 0 Å². The van der Waals surface area contributed by atoms with Crippen molar-refractivity contribution in [2.24, 2.45) is 0 Å². The molecule has 1 heterocycles. The minimum atomic E-state index is 0.624. The summed E-state index contributed by atoms with van der Waals surface area (Å²) in [6.45, 7) is 3.27. The van der Waals surface area contributed by atoms with E-state index in [9.17, 15) is 0 Å². The Bertz CT molecular complexity index is 546. The van der Waals surface area contributed by atoms with Crippen LogP contribution in [0.25, 0.3) is 0 Å². The lowest BCUT2D eigenvalue weighted by atomic mass is 10.2. The third-order valence-electron chi connectivity index (χ3n) is 2.51. The summed E-state index contributed by atoms with van der Waals surface area (Å²) in [5.74, 6) is 0.641. The van der Waals surface area contributed by atoms with Crippen LogP contribution in [0.2, 0.25) is 5.02 Å². The maximum absolute atomic E-state index is 5.95. The lowest BCUT2D eigenvalue weighted by Crippen LogP contribution is -2.00. The number of pyridine rings is 1. The van der Waals surface area contributed by atoms with Gasteiger partial charge in [-0.25, -0.2) is 4.98 Å². The van der Waals surface area contributed by atoms with Crippen molar-refractivity contribution in [1.29, 1.82) is 0 Å². The summed E-state index contributed by atoms with van der Waals surface area (Å²) in [6, 6.07) is 9.66. The van der Waals surface area contributed by atoms with Gasteiger partial charge < -0.3 is 10.1 Å². The summed E-state index contributed by atoms with van der Waals surface area (Å²) in [6.07, 6.45) is 1.76. The highest BCUT2D eigenvalue weighted by Crippen LogP contribution is 2.23. The number of ether oxygens (including phenoxy) is 1. The minimum Gasteiger partial charge on any atom is -0.478 e. The molecule has 0 aliphatic heterocycles. The van der Waals surface area contributed by atoms with Crippen LogP contribution < -0.4 is 10.1 Å². The van der Waals surface area contributed by atoms with Gasteiger partial charge in [-0.05, 0) is 46.6 Å². The Labute approximate surface area is 126 Å². The molecule has 0 atom stereocenters. The van der Waals surface area contributed by atoms with Gasteiger partial charge in [-0.2, -0.15) is 0 Å². The van der Waals surface area contributed by atoms with E-state index in [1.54, 1.807) is 6.20 Å². The van der Waals surface area contributed by atoms with Gasteiger partial charge in [-0.15, -0.1) is 0 Å². The summed E-state index contributed by atoms with van der Waals surface area (Å²) in [4.78, 5) is 4.20. The molecule has 2 rings (SSSR count). The molecular weight excluding hydrogens is 328 g/mol. The zero-order chi connectivity index (χ0) is 13.7. The van der Waals surface area contributed by atoms with E-state index in [0.717, 1.165) is 15.7 Å². The van der Waals surface area contributed by atoms with Crippen LogP contribution in [0.15, 0.2) is 41.0 Å². The van der Waals surface area contributed by atoms with Gasteiger partial charge in [0.05, 0.1) is 23.5 Å². The Morgan fingerprint density at radius 3 is 2.79 bits per heavy atom. The molecule has 0 aliphatic carbocycles. The van der Waals surface area contributed by atoms with Crippen molar-refractivity contribution in [1.82, 2.24) is 4.98 Å². The van der Waals surface area contributed by atoms with E-state index in [4.69, 9.17) is 16.3 Å². The normalized spacial score (nSPS) is 10.3. The molecular formula is C14H14BrClN2O. The Kier molecular flexibility index (Phi) is 5.05. The zero-order valence-corrected chi connectivity index (χ0v) is 12.8. The fraction of sp³-hybridized carbons (Fsp3) is 0.214. The first-order valence-electron chi connectivity index (χ1n) is 5.95. The molecule has 1 N–H and O–H groups in total. The molecule has 0 spiro atoms. The summed E-state index contributed by atoms with van der Waals surface area (Å²) in [5, 5.41) is 4.01. The van der Waals surface area contributed by atoms with Gasteiger partial charge >= 0.3 is 0 Å². The molecule has 3 nitrogen and oxygen atoms in total. The number of hydrogen-bond acceptors (Lipinski definition) is 3.